The van der Waals surface area contributed by atoms with Crippen LogP contribution < -0.4 is 0 Å². The van der Waals surface area contributed by atoms with Gasteiger partial charge in [-0.25, -0.2) is 0 Å². The number of nitrogens with zero attached hydrogens (tertiary/aromatic N) is 2. The Balaban J connectivity index is 1.61. The largest absolute Gasteiger partial charge is 0.451 e. The van der Waals surface area contributed by atoms with E-state index in [4.69, 9.17) is 4.42 Å². The monoisotopic (exact) mass is 318 g/mol. The predicted octanol–water partition coefficient (Wildman–Crippen LogP) is 4.20. The van der Waals surface area contributed by atoms with Crippen molar-refractivity contribution in [2.75, 3.05) is 7.05 Å². The van der Waals surface area contributed by atoms with E-state index in [-0.39, 0.29) is 5.91 Å². The summed E-state index contributed by atoms with van der Waals surface area (Å²) in [5, 5.41) is 2.12. The Labute approximate surface area is 139 Å². The van der Waals surface area contributed by atoms with Gasteiger partial charge in [0.1, 0.15) is 5.58 Å². The van der Waals surface area contributed by atoms with Gasteiger partial charge in [-0.2, -0.15) is 0 Å². The van der Waals surface area contributed by atoms with Crippen molar-refractivity contribution in [1.82, 2.24) is 9.47 Å². The lowest BCUT2D eigenvalue weighted by Crippen LogP contribution is -2.26. The van der Waals surface area contributed by atoms with E-state index in [9.17, 15) is 4.79 Å². The first-order valence-corrected chi connectivity index (χ1v) is 7.91. The zero-order chi connectivity index (χ0) is 16.7. The number of aryl methyl sites for hydroxylation is 1. The normalized spacial score (nSPS) is 11.2. The molecule has 24 heavy (non-hydrogen) atoms. The van der Waals surface area contributed by atoms with E-state index in [1.807, 2.05) is 43.4 Å². The Hall–Kier alpha value is -3.01. The summed E-state index contributed by atoms with van der Waals surface area (Å²) in [5.41, 5.74) is 2.99. The molecule has 0 aliphatic rings. The molecule has 0 fully saturated rings. The first kappa shape index (κ1) is 14.6. The summed E-state index contributed by atoms with van der Waals surface area (Å²) in [6, 6.07) is 19.8. The van der Waals surface area contributed by atoms with E-state index in [0.717, 1.165) is 22.2 Å². The van der Waals surface area contributed by atoms with E-state index in [2.05, 4.69) is 22.8 Å². The van der Waals surface area contributed by atoms with E-state index in [0.29, 0.717) is 12.3 Å². The van der Waals surface area contributed by atoms with Crippen molar-refractivity contribution >= 4 is 27.8 Å². The second-order valence-corrected chi connectivity index (χ2v) is 6.06. The van der Waals surface area contributed by atoms with Gasteiger partial charge in [0.25, 0.3) is 5.91 Å². The van der Waals surface area contributed by atoms with Gasteiger partial charge >= 0.3 is 0 Å². The number of benzene rings is 2. The third-order valence-electron chi connectivity index (χ3n) is 4.43. The molecule has 4 nitrogen and oxygen atoms in total. The van der Waals surface area contributed by atoms with Crippen LogP contribution in [0.3, 0.4) is 0 Å². The predicted molar refractivity (Wildman–Crippen MR) is 94.9 cm³/mol. The van der Waals surface area contributed by atoms with Crippen LogP contribution >= 0.6 is 0 Å². The zero-order valence-corrected chi connectivity index (χ0v) is 13.7. The second-order valence-electron chi connectivity index (χ2n) is 6.06. The lowest BCUT2D eigenvalue weighted by Gasteiger charge is -2.16. The van der Waals surface area contributed by atoms with Crippen LogP contribution in [0.1, 0.15) is 16.2 Å². The summed E-state index contributed by atoms with van der Waals surface area (Å²) in [7, 11) is 3.82. The van der Waals surface area contributed by atoms with Crippen molar-refractivity contribution in [2.24, 2.45) is 7.05 Å². The van der Waals surface area contributed by atoms with E-state index in [1.165, 1.54) is 5.39 Å². The average Bonchev–Trinajstić information content (AvgIpc) is 3.16. The molecule has 0 unspecified atom stereocenters. The fourth-order valence-electron chi connectivity index (χ4n) is 3.09. The van der Waals surface area contributed by atoms with Gasteiger partial charge in [0.15, 0.2) is 5.76 Å². The molecule has 4 rings (SSSR count). The molecule has 120 valence electrons. The van der Waals surface area contributed by atoms with Gasteiger partial charge in [0.2, 0.25) is 0 Å². The maximum atomic E-state index is 12.7. The molecule has 0 spiro atoms. The quantitative estimate of drug-likeness (QED) is 0.568. The number of carbonyl (C=O) groups excluding carboxylic acids is 1. The van der Waals surface area contributed by atoms with Crippen molar-refractivity contribution in [1.29, 1.82) is 0 Å². The first-order valence-electron chi connectivity index (χ1n) is 7.91. The highest BCUT2D eigenvalue weighted by atomic mass is 16.3. The van der Waals surface area contributed by atoms with Gasteiger partial charge in [-0.1, -0.05) is 36.4 Å². The van der Waals surface area contributed by atoms with Gasteiger partial charge in [-0.15, -0.1) is 0 Å². The minimum absolute atomic E-state index is 0.114. The molecule has 2 aromatic heterocycles. The summed E-state index contributed by atoms with van der Waals surface area (Å²) < 4.78 is 7.80. The number of amides is 1. The molecular formula is C20H18N2O2. The summed E-state index contributed by atoms with van der Waals surface area (Å²) >= 11 is 0. The average molecular weight is 318 g/mol. The highest BCUT2D eigenvalue weighted by Crippen LogP contribution is 2.22. The summed E-state index contributed by atoms with van der Waals surface area (Å²) in [4.78, 5) is 14.4. The van der Waals surface area contributed by atoms with Gasteiger partial charge < -0.3 is 13.9 Å². The molecule has 0 atom stereocenters. The zero-order valence-electron chi connectivity index (χ0n) is 13.7. The summed E-state index contributed by atoms with van der Waals surface area (Å²) in [5.74, 6) is 0.258. The molecule has 0 aliphatic heterocycles. The molecule has 0 aliphatic carbocycles. The standard InChI is InChI=1S/C20H18N2O2/c1-21(13-16-11-14-7-3-5-9-17(14)22(16)2)20(23)19-12-15-8-4-6-10-18(15)24-19/h3-12H,13H2,1-2H3. The van der Waals surface area contributed by atoms with Crippen molar-refractivity contribution in [2.45, 2.75) is 6.54 Å². The van der Waals surface area contributed by atoms with E-state index < -0.39 is 0 Å². The number of rotatable bonds is 3. The van der Waals surface area contributed by atoms with Crippen molar-refractivity contribution in [3.63, 3.8) is 0 Å². The summed E-state index contributed by atoms with van der Waals surface area (Å²) in [6.07, 6.45) is 0. The SMILES string of the molecule is CN(Cc1cc2ccccc2n1C)C(=O)c1cc2ccccc2o1. The van der Waals surface area contributed by atoms with E-state index >= 15 is 0 Å². The molecule has 1 amide bonds. The van der Waals surface area contributed by atoms with Crippen LogP contribution in [-0.2, 0) is 13.6 Å². The fraction of sp³-hybridized carbons (Fsp3) is 0.150. The van der Waals surface area contributed by atoms with Crippen molar-refractivity contribution in [3.05, 3.63) is 72.1 Å². The minimum Gasteiger partial charge on any atom is -0.451 e. The first-order chi connectivity index (χ1) is 11.6. The van der Waals surface area contributed by atoms with Crippen LogP contribution in [0.25, 0.3) is 21.9 Å². The van der Waals surface area contributed by atoms with Crippen LogP contribution in [0, 0.1) is 0 Å². The van der Waals surface area contributed by atoms with Gasteiger partial charge in [-0.3, -0.25) is 4.79 Å². The molecule has 0 bridgehead atoms. The molecular weight excluding hydrogens is 300 g/mol. The molecule has 0 saturated carbocycles. The van der Waals surface area contributed by atoms with Gasteiger partial charge in [0.05, 0.1) is 6.54 Å². The van der Waals surface area contributed by atoms with Crippen LogP contribution in [0.4, 0.5) is 0 Å². The number of carbonyl (C=O) groups is 1. The Bertz CT molecular complexity index is 1010. The van der Waals surface area contributed by atoms with Gasteiger partial charge in [-0.05, 0) is 29.7 Å². The highest BCUT2D eigenvalue weighted by molar-refractivity contribution is 5.96. The maximum absolute atomic E-state index is 12.7. The van der Waals surface area contributed by atoms with E-state index in [1.54, 1.807) is 18.0 Å². The third kappa shape index (κ3) is 2.36. The third-order valence-corrected chi connectivity index (χ3v) is 4.43. The van der Waals surface area contributed by atoms with Crippen molar-refractivity contribution < 1.29 is 9.21 Å². The number of para-hydroxylation sites is 2. The molecule has 0 N–H and O–H groups in total. The number of hydrogen-bond donors (Lipinski definition) is 0. The number of aromatic nitrogens is 1. The molecule has 0 saturated heterocycles. The molecule has 2 heterocycles. The molecule has 2 aromatic carbocycles. The Morgan fingerprint density at radius 2 is 1.75 bits per heavy atom. The van der Waals surface area contributed by atoms with Crippen molar-refractivity contribution in [3.8, 4) is 0 Å². The Kier molecular flexibility index (Phi) is 3.38. The lowest BCUT2D eigenvalue weighted by molar-refractivity contribution is 0.0753. The topological polar surface area (TPSA) is 38.4 Å². The number of furan rings is 1. The van der Waals surface area contributed by atoms with Gasteiger partial charge in [0, 0.05) is 30.7 Å². The molecule has 4 heteroatoms. The van der Waals surface area contributed by atoms with Crippen LogP contribution in [0.15, 0.2) is 65.1 Å². The molecule has 0 radical (unpaired) electrons. The van der Waals surface area contributed by atoms with Crippen LogP contribution in [0.5, 0.6) is 0 Å². The fourth-order valence-corrected chi connectivity index (χ4v) is 3.09. The number of fused-ring (bicyclic) bond motifs is 2. The second kappa shape index (κ2) is 5.57. The summed E-state index contributed by atoms with van der Waals surface area (Å²) in [6.45, 7) is 0.529. The highest BCUT2D eigenvalue weighted by Gasteiger charge is 2.18. The minimum atomic E-state index is -0.114. The Morgan fingerprint density at radius 3 is 2.50 bits per heavy atom. The lowest BCUT2D eigenvalue weighted by atomic mass is 10.2. The number of hydrogen-bond acceptors (Lipinski definition) is 2. The maximum Gasteiger partial charge on any atom is 0.289 e. The molecule has 4 aromatic rings. The van der Waals surface area contributed by atoms with Crippen LogP contribution in [-0.4, -0.2) is 22.4 Å². The van der Waals surface area contributed by atoms with Crippen LogP contribution in [0.2, 0.25) is 0 Å². The smallest absolute Gasteiger partial charge is 0.289 e. The Morgan fingerprint density at radius 1 is 1.04 bits per heavy atom.